The van der Waals surface area contributed by atoms with Gasteiger partial charge in [-0.2, -0.15) is 0 Å². The second kappa shape index (κ2) is 11.3. The monoisotopic (exact) mass is 519 g/mol. The lowest BCUT2D eigenvalue weighted by molar-refractivity contribution is -0.115. The maximum Gasteiger partial charge on any atom is 0.228 e. The highest BCUT2D eigenvalue weighted by molar-refractivity contribution is 7.99. The van der Waals surface area contributed by atoms with E-state index < -0.39 is 0 Å². The number of imidazole rings is 1. The van der Waals surface area contributed by atoms with Crippen LogP contribution in [0.15, 0.2) is 95.9 Å². The summed E-state index contributed by atoms with van der Waals surface area (Å²) in [4.78, 5) is 19.0. The van der Waals surface area contributed by atoms with Crippen molar-refractivity contribution in [2.45, 2.75) is 45.1 Å². The van der Waals surface area contributed by atoms with Crippen molar-refractivity contribution >= 4 is 34.4 Å². The summed E-state index contributed by atoms with van der Waals surface area (Å²) in [5, 5.41) is 3.04. The van der Waals surface area contributed by atoms with Crippen LogP contribution in [0.25, 0.3) is 22.4 Å². The van der Waals surface area contributed by atoms with Crippen LogP contribution in [0, 0.1) is 13.8 Å². The van der Waals surface area contributed by atoms with E-state index in [-0.39, 0.29) is 11.9 Å². The van der Waals surface area contributed by atoms with Crippen LogP contribution in [-0.4, -0.2) is 21.2 Å². The zero-order chi connectivity index (χ0) is 26.6. The molecule has 0 aliphatic rings. The summed E-state index contributed by atoms with van der Waals surface area (Å²) in [6.07, 6.45) is 0.349. The second-order valence-corrected chi connectivity index (χ2v) is 11.1. The predicted molar refractivity (Wildman–Crippen MR) is 160 cm³/mol. The Labute approximate surface area is 229 Å². The first-order valence-electron chi connectivity index (χ1n) is 13.1. The molecule has 0 spiro atoms. The summed E-state index contributed by atoms with van der Waals surface area (Å²) >= 11 is 1.80. The Hall–Kier alpha value is -3.83. The van der Waals surface area contributed by atoms with E-state index in [1.54, 1.807) is 11.8 Å². The van der Waals surface area contributed by atoms with Crippen LogP contribution in [0.4, 0.5) is 5.69 Å². The quantitative estimate of drug-likeness (QED) is 0.210. The van der Waals surface area contributed by atoms with Gasteiger partial charge in [0.2, 0.25) is 5.91 Å². The highest BCUT2D eigenvalue weighted by atomic mass is 32.2. The maximum atomic E-state index is 12.7. The summed E-state index contributed by atoms with van der Waals surface area (Å²) in [6, 6.07) is 31.5. The lowest BCUT2D eigenvalue weighted by Gasteiger charge is -2.19. The zero-order valence-corrected chi connectivity index (χ0v) is 23.2. The normalized spacial score (nSPS) is 12.0. The largest absolute Gasteiger partial charge is 0.326 e. The highest BCUT2D eigenvalue weighted by Crippen LogP contribution is 2.32. The first kappa shape index (κ1) is 25.8. The van der Waals surface area contributed by atoms with Crippen molar-refractivity contribution in [1.29, 1.82) is 0 Å². The van der Waals surface area contributed by atoms with Crippen LogP contribution in [0.1, 0.15) is 42.1 Å². The van der Waals surface area contributed by atoms with Crippen molar-refractivity contribution in [2.75, 3.05) is 11.1 Å². The minimum absolute atomic E-state index is 0.0237. The number of thioether (sulfide) groups is 1. The Morgan fingerprint density at radius 1 is 0.895 bits per heavy atom. The molecule has 0 fully saturated rings. The number of carbonyl (C=O) groups is 1. The van der Waals surface area contributed by atoms with Gasteiger partial charge >= 0.3 is 0 Å². The van der Waals surface area contributed by atoms with Crippen molar-refractivity contribution in [3.63, 3.8) is 0 Å². The summed E-state index contributed by atoms with van der Waals surface area (Å²) in [5.41, 5.74) is 8.57. The van der Waals surface area contributed by atoms with E-state index in [1.807, 2.05) is 36.4 Å². The third-order valence-electron chi connectivity index (χ3n) is 6.82. The summed E-state index contributed by atoms with van der Waals surface area (Å²) < 4.78 is 2.31. The van der Waals surface area contributed by atoms with Crippen LogP contribution in [-0.2, 0) is 11.2 Å². The molecule has 38 heavy (non-hydrogen) atoms. The fraction of sp³-hybridized carbons (Fsp3) is 0.212. The van der Waals surface area contributed by atoms with Crippen molar-refractivity contribution < 1.29 is 4.79 Å². The minimum atomic E-state index is -0.0237. The topological polar surface area (TPSA) is 46.9 Å². The van der Waals surface area contributed by atoms with Crippen molar-refractivity contribution in [3.8, 4) is 11.4 Å². The van der Waals surface area contributed by atoms with Crippen LogP contribution >= 0.6 is 11.8 Å². The average molecular weight is 520 g/mol. The van der Waals surface area contributed by atoms with Gasteiger partial charge in [0.25, 0.3) is 0 Å². The van der Waals surface area contributed by atoms with Gasteiger partial charge in [0.1, 0.15) is 5.82 Å². The van der Waals surface area contributed by atoms with Gasteiger partial charge in [-0.1, -0.05) is 55.0 Å². The third kappa shape index (κ3) is 5.68. The Bertz CT molecular complexity index is 1550. The van der Waals surface area contributed by atoms with Gasteiger partial charge < -0.3 is 9.88 Å². The predicted octanol–water partition coefficient (Wildman–Crippen LogP) is 8.22. The van der Waals surface area contributed by atoms with Crippen LogP contribution in [0.2, 0.25) is 0 Å². The average Bonchev–Trinajstić information content (AvgIpc) is 3.29. The number of aromatic nitrogens is 2. The number of hydrogen-bond acceptors (Lipinski definition) is 3. The number of benzene rings is 4. The molecule has 1 amide bonds. The van der Waals surface area contributed by atoms with E-state index in [0.29, 0.717) is 6.42 Å². The molecular formula is C33H33N3OS. The number of hydrogen-bond donors (Lipinski definition) is 1. The number of carbonyl (C=O) groups excluding carboxylic acids is 1. The fourth-order valence-corrected chi connectivity index (χ4v) is 5.42. The smallest absolute Gasteiger partial charge is 0.228 e. The molecule has 1 atom stereocenters. The van der Waals surface area contributed by atoms with E-state index in [2.05, 4.69) is 92.2 Å². The Morgan fingerprint density at radius 3 is 2.26 bits per heavy atom. The number of rotatable bonds is 8. The van der Waals surface area contributed by atoms with Crippen LogP contribution < -0.4 is 5.32 Å². The molecule has 4 aromatic carbocycles. The third-order valence-corrected chi connectivity index (χ3v) is 7.71. The molecule has 1 N–H and O–H groups in total. The number of nitrogens with one attached hydrogen (secondary N) is 1. The lowest BCUT2D eigenvalue weighted by Crippen LogP contribution is -2.14. The molecule has 1 aromatic heterocycles. The number of anilines is 1. The first-order chi connectivity index (χ1) is 18.4. The fourth-order valence-electron chi connectivity index (χ4n) is 4.76. The van der Waals surface area contributed by atoms with E-state index in [9.17, 15) is 4.79 Å². The van der Waals surface area contributed by atoms with Gasteiger partial charge in [-0.25, -0.2) is 4.98 Å². The van der Waals surface area contributed by atoms with E-state index in [4.69, 9.17) is 4.98 Å². The van der Waals surface area contributed by atoms with Crippen LogP contribution in [0.5, 0.6) is 0 Å². The van der Waals surface area contributed by atoms with E-state index in [1.165, 1.54) is 21.6 Å². The van der Waals surface area contributed by atoms with Crippen molar-refractivity contribution in [1.82, 2.24) is 9.55 Å². The molecule has 5 heteroatoms. The molecule has 0 saturated heterocycles. The van der Waals surface area contributed by atoms with E-state index in [0.717, 1.165) is 39.4 Å². The molecule has 5 rings (SSSR count). The molecule has 0 radical (unpaired) electrons. The summed E-state index contributed by atoms with van der Waals surface area (Å²) in [6.45, 7) is 8.56. The molecule has 1 heterocycles. The lowest BCUT2D eigenvalue weighted by atomic mass is 10.1. The maximum absolute atomic E-state index is 12.7. The van der Waals surface area contributed by atoms with Gasteiger partial charge in [0, 0.05) is 16.1 Å². The summed E-state index contributed by atoms with van der Waals surface area (Å²) in [5.74, 6) is 1.93. The minimum Gasteiger partial charge on any atom is -0.326 e. The molecule has 4 nitrogen and oxygen atoms in total. The van der Waals surface area contributed by atoms with Gasteiger partial charge in [0.15, 0.2) is 0 Å². The zero-order valence-electron chi connectivity index (χ0n) is 22.4. The van der Waals surface area contributed by atoms with E-state index >= 15 is 0 Å². The molecule has 192 valence electrons. The molecule has 5 aromatic rings. The standard InChI is InChI=1S/C33H33N3OS/c1-5-38-29-17-9-25(10-18-29)21-32(37)34-28-15-13-27(14-16-28)33-35-30-20-23(3)8-19-31(30)36(33)24(4)26-11-6-22(2)7-12-26/h6-20,24H,5,21H2,1-4H3,(H,34,37)/t24-/m1/s1. The van der Waals surface area contributed by atoms with Crippen molar-refractivity contribution in [3.05, 3.63) is 113 Å². The Balaban J connectivity index is 1.39. The van der Waals surface area contributed by atoms with Gasteiger partial charge in [-0.05, 0) is 91.7 Å². The molecule has 0 aliphatic carbocycles. The molecule has 0 saturated carbocycles. The van der Waals surface area contributed by atoms with Crippen molar-refractivity contribution in [2.24, 2.45) is 0 Å². The number of aryl methyl sites for hydroxylation is 2. The van der Waals surface area contributed by atoms with Gasteiger partial charge in [-0.3, -0.25) is 4.79 Å². The summed E-state index contributed by atoms with van der Waals surface area (Å²) in [7, 11) is 0. The molecular weight excluding hydrogens is 486 g/mol. The Kier molecular flexibility index (Phi) is 7.66. The number of fused-ring (bicyclic) bond motifs is 1. The first-order valence-corrected chi connectivity index (χ1v) is 14.1. The SMILES string of the molecule is CCSc1ccc(CC(=O)Nc2ccc(-c3nc4cc(C)ccc4n3[C@H](C)c3ccc(C)cc3)cc2)cc1. The Morgan fingerprint density at radius 2 is 1.58 bits per heavy atom. The second-order valence-electron chi connectivity index (χ2n) is 9.76. The van der Waals surface area contributed by atoms with Gasteiger partial charge in [-0.15, -0.1) is 11.8 Å². The molecule has 0 bridgehead atoms. The number of nitrogens with zero attached hydrogens (tertiary/aromatic N) is 2. The number of amides is 1. The van der Waals surface area contributed by atoms with Gasteiger partial charge in [0.05, 0.1) is 23.5 Å². The van der Waals surface area contributed by atoms with Crippen LogP contribution in [0.3, 0.4) is 0 Å². The molecule has 0 aliphatic heterocycles. The molecule has 0 unspecified atom stereocenters. The highest BCUT2D eigenvalue weighted by Gasteiger charge is 2.19.